The number of carbonyl (C=O) groups excluding carboxylic acids is 1. The molecule has 2 aromatic rings. The molecule has 1 heterocycles. The van der Waals surface area contributed by atoms with Gasteiger partial charge in [-0.1, -0.05) is 35.9 Å². The van der Waals surface area contributed by atoms with Gasteiger partial charge in [-0.05, 0) is 5.39 Å². The van der Waals surface area contributed by atoms with Crippen molar-refractivity contribution in [2.75, 3.05) is 19.8 Å². The number of rotatable bonds is 6. The number of pyridine rings is 1. The maximum atomic E-state index is 12.1. The third kappa shape index (κ3) is 4.09. The first-order valence-electron chi connectivity index (χ1n) is 6.27. The van der Waals surface area contributed by atoms with Crippen LogP contribution in [0.3, 0.4) is 0 Å². The van der Waals surface area contributed by atoms with Crippen LogP contribution in [-0.4, -0.2) is 37.1 Å². The van der Waals surface area contributed by atoms with E-state index in [1.54, 1.807) is 24.3 Å². The summed E-state index contributed by atoms with van der Waals surface area (Å²) in [5.41, 5.74) is 0.379. The normalized spacial score (nSPS) is 11.0. The molecule has 0 saturated heterocycles. The smallest absolute Gasteiger partial charge is 0.261 e. The molecule has 0 saturated carbocycles. The highest BCUT2D eigenvalue weighted by atomic mass is 35.5. The molecule has 0 spiro atoms. The van der Waals surface area contributed by atoms with Gasteiger partial charge in [0.25, 0.3) is 12.3 Å². The first-order chi connectivity index (χ1) is 10.1. The Labute approximate surface area is 125 Å². The number of nitrogens with zero attached hydrogens (tertiary/aromatic N) is 1. The second-order valence-electron chi connectivity index (χ2n) is 4.23. The molecule has 21 heavy (non-hydrogen) atoms. The van der Waals surface area contributed by atoms with Crippen LogP contribution in [0.1, 0.15) is 10.4 Å². The molecule has 1 aromatic carbocycles. The van der Waals surface area contributed by atoms with Crippen molar-refractivity contribution in [1.82, 2.24) is 10.3 Å². The summed E-state index contributed by atoms with van der Waals surface area (Å²) in [5, 5.41) is 4.28. The Kier molecular flexibility index (Phi) is 5.41. The number of amides is 1. The van der Waals surface area contributed by atoms with Gasteiger partial charge in [0.1, 0.15) is 11.8 Å². The number of aromatic nitrogens is 1. The molecule has 112 valence electrons. The zero-order valence-corrected chi connectivity index (χ0v) is 11.7. The zero-order valence-electron chi connectivity index (χ0n) is 11.0. The third-order valence-corrected chi connectivity index (χ3v) is 3.07. The van der Waals surface area contributed by atoms with Gasteiger partial charge < -0.3 is 10.1 Å². The quantitative estimate of drug-likeness (QED) is 0.659. The summed E-state index contributed by atoms with van der Waals surface area (Å²) in [5.74, 6) is -0.351. The van der Waals surface area contributed by atoms with Gasteiger partial charge >= 0.3 is 0 Å². The molecule has 0 atom stereocenters. The molecule has 1 aromatic heterocycles. The number of hydrogen-bond donors (Lipinski definition) is 1. The number of ether oxygens (including phenoxy) is 1. The van der Waals surface area contributed by atoms with Gasteiger partial charge in [-0.15, -0.1) is 0 Å². The van der Waals surface area contributed by atoms with E-state index in [2.05, 4.69) is 15.0 Å². The van der Waals surface area contributed by atoms with Crippen LogP contribution in [0.2, 0.25) is 5.15 Å². The van der Waals surface area contributed by atoms with Gasteiger partial charge in [0.15, 0.2) is 0 Å². The lowest BCUT2D eigenvalue weighted by Crippen LogP contribution is -2.28. The summed E-state index contributed by atoms with van der Waals surface area (Å²) in [6.45, 7) is -0.473. The Morgan fingerprint density at radius 1 is 1.33 bits per heavy atom. The van der Waals surface area contributed by atoms with Crippen LogP contribution in [-0.2, 0) is 4.74 Å². The fourth-order valence-corrected chi connectivity index (χ4v) is 2.06. The van der Waals surface area contributed by atoms with Crippen LogP contribution in [0.15, 0.2) is 30.5 Å². The molecule has 1 N–H and O–H groups in total. The average molecular weight is 315 g/mol. The molecule has 0 aliphatic heterocycles. The van der Waals surface area contributed by atoms with E-state index in [9.17, 15) is 13.6 Å². The molecule has 4 nitrogen and oxygen atoms in total. The highest BCUT2D eigenvalue weighted by molar-refractivity contribution is 6.34. The number of alkyl halides is 2. The van der Waals surface area contributed by atoms with Crippen molar-refractivity contribution in [3.05, 3.63) is 41.2 Å². The largest absolute Gasteiger partial charge is 0.374 e. The summed E-state index contributed by atoms with van der Waals surface area (Å²) < 4.78 is 28.4. The fraction of sp³-hybridized carbons (Fsp3) is 0.286. The van der Waals surface area contributed by atoms with Crippen LogP contribution >= 0.6 is 11.6 Å². The van der Waals surface area contributed by atoms with Crippen molar-refractivity contribution < 1.29 is 18.3 Å². The number of nitrogens with one attached hydrogen (secondary N) is 1. The van der Waals surface area contributed by atoms with E-state index in [0.29, 0.717) is 21.5 Å². The van der Waals surface area contributed by atoms with Gasteiger partial charge in [-0.3, -0.25) is 4.79 Å². The summed E-state index contributed by atoms with van der Waals surface area (Å²) in [7, 11) is 0. The summed E-state index contributed by atoms with van der Waals surface area (Å²) in [6.07, 6.45) is -1.12. The van der Waals surface area contributed by atoms with Crippen LogP contribution in [0.4, 0.5) is 8.78 Å². The number of benzene rings is 1. The Balaban J connectivity index is 2.02. The third-order valence-electron chi connectivity index (χ3n) is 2.77. The number of hydrogen-bond acceptors (Lipinski definition) is 3. The number of halogens is 3. The maximum Gasteiger partial charge on any atom is 0.261 e. The minimum Gasteiger partial charge on any atom is -0.374 e. The van der Waals surface area contributed by atoms with Gasteiger partial charge in [-0.2, -0.15) is 0 Å². The maximum absolute atomic E-state index is 12.1. The Hall–Kier alpha value is -1.79. The molecule has 0 unspecified atom stereocenters. The van der Waals surface area contributed by atoms with E-state index < -0.39 is 13.0 Å². The van der Waals surface area contributed by atoms with Crippen LogP contribution in [0.5, 0.6) is 0 Å². The summed E-state index contributed by atoms with van der Waals surface area (Å²) in [6, 6.07) is 7.13. The van der Waals surface area contributed by atoms with Crippen molar-refractivity contribution in [2.24, 2.45) is 0 Å². The highest BCUT2D eigenvalue weighted by Gasteiger charge is 2.12. The number of carbonyl (C=O) groups is 1. The van der Waals surface area contributed by atoms with Crippen molar-refractivity contribution in [1.29, 1.82) is 0 Å². The van der Waals surface area contributed by atoms with E-state index in [4.69, 9.17) is 11.6 Å². The highest BCUT2D eigenvalue weighted by Crippen LogP contribution is 2.23. The van der Waals surface area contributed by atoms with Crippen molar-refractivity contribution >= 4 is 28.3 Å². The van der Waals surface area contributed by atoms with Gasteiger partial charge in [0, 0.05) is 18.1 Å². The molecule has 0 aliphatic carbocycles. The standard InChI is InChI=1S/C14H13ClF2N2O2/c15-13-10-4-2-1-3-9(10)11(7-19-13)14(20)18-5-6-21-8-12(16)17/h1-4,7,12H,5-6,8H2,(H,18,20). The van der Waals surface area contributed by atoms with Crippen molar-refractivity contribution in [3.63, 3.8) is 0 Å². The molecular formula is C14H13ClF2N2O2. The second kappa shape index (κ2) is 7.28. The Morgan fingerprint density at radius 3 is 2.76 bits per heavy atom. The molecular weight excluding hydrogens is 302 g/mol. The SMILES string of the molecule is O=C(NCCOCC(F)F)c1cnc(Cl)c2ccccc12. The molecule has 7 heteroatoms. The van der Waals surface area contributed by atoms with E-state index in [1.807, 2.05) is 0 Å². The second-order valence-corrected chi connectivity index (χ2v) is 4.59. The lowest BCUT2D eigenvalue weighted by Gasteiger charge is -2.09. The van der Waals surface area contributed by atoms with Gasteiger partial charge in [0.05, 0.1) is 12.2 Å². The van der Waals surface area contributed by atoms with E-state index in [-0.39, 0.29) is 19.1 Å². The molecule has 0 bridgehead atoms. The number of fused-ring (bicyclic) bond motifs is 1. The fourth-order valence-electron chi connectivity index (χ4n) is 1.84. The first kappa shape index (κ1) is 15.6. The molecule has 0 aliphatic rings. The van der Waals surface area contributed by atoms with E-state index >= 15 is 0 Å². The predicted molar refractivity (Wildman–Crippen MR) is 75.9 cm³/mol. The van der Waals surface area contributed by atoms with Crippen LogP contribution in [0, 0.1) is 0 Å². The lowest BCUT2D eigenvalue weighted by atomic mass is 10.1. The predicted octanol–water partition coefficient (Wildman–Crippen LogP) is 2.90. The van der Waals surface area contributed by atoms with Crippen LogP contribution in [0.25, 0.3) is 10.8 Å². The van der Waals surface area contributed by atoms with Crippen LogP contribution < -0.4 is 5.32 Å². The minimum atomic E-state index is -2.51. The summed E-state index contributed by atoms with van der Waals surface area (Å²) in [4.78, 5) is 16.0. The first-order valence-corrected chi connectivity index (χ1v) is 6.64. The van der Waals surface area contributed by atoms with Crippen molar-refractivity contribution in [3.8, 4) is 0 Å². The lowest BCUT2D eigenvalue weighted by molar-refractivity contribution is 0.0188. The van der Waals surface area contributed by atoms with E-state index in [0.717, 1.165) is 0 Å². The molecule has 1 amide bonds. The molecule has 0 fully saturated rings. The molecule has 2 rings (SSSR count). The summed E-state index contributed by atoms with van der Waals surface area (Å²) >= 11 is 5.98. The Bertz CT molecular complexity index is 637. The average Bonchev–Trinajstić information content (AvgIpc) is 2.47. The zero-order chi connectivity index (χ0) is 15.2. The van der Waals surface area contributed by atoms with Crippen molar-refractivity contribution in [2.45, 2.75) is 6.43 Å². The monoisotopic (exact) mass is 314 g/mol. The molecule has 0 radical (unpaired) electrons. The van der Waals surface area contributed by atoms with Gasteiger partial charge in [-0.25, -0.2) is 13.8 Å². The van der Waals surface area contributed by atoms with Gasteiger partial charge in [0.2, 0.25) is 0 Å². The van der Waals surface area contributed by atoms with E-state index in [1.165, 1.54) is 6.20 Å². The minimum absolute atomic E-state index is 0.0228. The topological polar surface area (TPSA) is 51.2 Å². The Morgan fingerprint density at radius 2 is 2.05 bits per heavy atom.